The van der Waals surface area contributed by atoms with Gasteiger partial charge in [0.15, 0.2) is 0 Å². The second-order valence-electron chi connectivity index (χ2n) is 6.12. The van der Waals surface area contributed by atoms with E-state index in [1.165, 1.54) is 11.3 Å². The summed E-state index contributed by atoms with van der Waals surface area (Å²) in [5.41, 5.74) is 11.7. The average Bonchev–Trinajstić information content (AvgIpc) is 3.22. The quantitative estimate of drug-likeness (QED) is 0.721. The van der Waals surface area contributed by atoms with E-state index in [0.717, 1.165) is 42.2 Å². The van der Waals surface area contributed by atoms with Crippen LogP contribution in [-0.2, 0) is 0 Å². The van der Waals surface area contributed by atoms with Gasteiger partial charge in [-0.2, -0.15) is 0 Å². The molecule has 5 N–H and O–H groups in total. The van der Waals surface area contributed by atoms with Crippen molar-refractivity contribution in [3.63, 3.8) is 0 Å². The number of para-hydroxylation sites is 1. The molecule has 1 aliphatic rings. The largest absolute Gasteiger partial charge is 0.488 e. The van der Waals surface area contributed by atoms with Gasteiger partial charge in [-0.25, -0.2) is 4.79 Å². The maximum atomic E-state index is 11.7. The number of ether oxygens (including phenoxy) is 1. The van der Waals surface area contributed by atoms with Crippen molar-refractivity contribution < 1.29 is 14.3 Å². The molecule has 1 unspecified atom stereocenters. The summed E-state index contributed by atoms with van der Waals surface area (Å²) in [6, 6.07) is 8.57. The molecule has 138 valence electrons. The van der Waals surface area contributed by atoms with Crippen LogP contribution < -0.4 is 21.5 Å². The minimum Gasteiger partial charge on any atom is -0.488 e. The van der Waals surface area contributed by atoms with Crippen LogP contribution in [0.4, 0.5) is 9.80 Å². The fourth-order valence-corrected chi connectivity index (χ4v) is 4.14. The van der Waals surface area contributed by atoms with Gasteiger partial charge in [0.25, 0.3) is 5.91 Å². The molecule has 0 aliphatic carbocycles. The molecule has 1 aromatic carbocycles. The van der Waals surface area contributed by atoms with E-state index in [9.17, 15) is 9.59 Å². The van der Waals surface area contributed by atoms with Crippen molar-refractivity contribution in [2.45, 2.75) is 19.4 Å². The molecule has 0 bridgehead atoms. The van der Waals surface area contributed by atoms with Gasteiger partial charge in [0, 0.05) is 23.5 Å². The molecule has 2 heterocycles. The number of hydrogen-bond acceptors (Lipinski definition) is 5. The fraction of sp³-hybridized carbons (Fsp3) is 0.333. The molecule has 1 aliphatic heterocycles. The summed E-state index contributed by atoms with van der Waals surface area (Å²) in [6.07, 6.45) is 1.11. The Morgan fingerprint density at radius 2 is 2.12 bits per heavy atom. The van der Waals surface area contributed by atoms with Gasteiger partial charge in [0.1, 0.15) is 16.9 Å². The van der Waals surface area contributed by atoms with Crippen LogP contribution in [0.5, 0.6) is 5.75 Å². The van der Waals surface area contributed by atoms with E-state index in [2.05, 4.69) is 17.1 Å². The second kappa shape index (κ2) is 7.76. The van der Waals surface area contributed by atoms with E-state index in [4.69, 9.17) is 16.2 Å². The first-order valence-electron chi connectivity index (χ1n) is 8.46. The number of nitrogens with two attached hydrogens (primary N) is 2. The van der Waals surface area contributed by atoms with E-state index < -0.39 is 11.9 Å². The summed E-state index contributed by atoms with van der Waals surface area (Å²) in [5, 5.41) is 2.80. The van der Waals surface area contributed by atoms with Crippen LogP contribution in [0.1, 0.15) is 23.7 Å². The number of carbonyl (C=O) groups is 2. The van der Waals surface area contributed by atoms with E-state index in [1.807, 2.05) is 24.3 Å². The number of nitrogens with zero attached hydrogens (tertiary/aromatic N) is 1. The molecule has 1 saturated heterocycles. The first-order chi connectivity index (χ1) is 12.5. The number of likely N-dealkylation sites (tertiary alicyclic amines) is 1. The van der Waals surface area contributed by atoms with Gasteiger partial charge in [-0.3, -0.25) is 15.0 Å². The molecule has 26 heavy (non-hydrogen) atoms. The molecule has 0 saturated carbocycles. The normalized spacial score (nSPS) is 17.2. The number of nitrogens with one attached hydrogen (secondary N) is 1. The zero-order valence-electron chi connectivity index (χ0n) is 14.5. The van der Waals surface area contributed by atoms with Crippen LogP contribution in [0.25, 0.3) is 10.4 Å². The zero-order valence-corrected chi connectivity index (χ0v) is 15.3. The van der Waals surface area contributed by atoms with Crippen molar-refractivity contribution in [3.05, 3.63) is 35.9 Å². The molecular weight excluding hydrogens is 352 g/mol. The van der Waals surface area contributed by atoms with Gasteiger partial charge in [-0.15, -0.1) is 11.3 Å². The summed E-state index contributed by atoms with van der Waals surface area (Å²) >= 11 is 1.24. The molecule has 7 nitrogen and oxygen atoms in total. The van der Waals surface area contributed by atoms with Gasteiger partial charge in [-0.1, -0.05) is 19.1 Å². The Morgan fingerprint density at radius 1 is 1.35 bits per heavy atom. The van der Waals surface area contributed by atoms with Gasteiger partial charge in [-0.05, 0) is 31.2 Å². The van der Waals surface area contributed by atoms with E-state index in [-0.39, 0.29) is 11.7 Å². The number of amides is 3. The fourth-order valence-electron chi connectivity index (χ4n) is 3.04. The highest BCUT2D eigenvalue weighted by Gasteiger charge is 2.24. The highest BCUT2D eigenvalue weighted by Crippen LogP contribution is 2.40. The molecule has 3 amide bonds. The van der Waals surface area contributed by atoms with Crippen LogP contribution in [0.3, 0.4) is 0 Å². The van der Waals surface area contributed by atoms with Crippen molar-refractivity contribution in [3.8, 4) is 16.2 Å². The van der Waals surface area contributed by atoms with Crippen molar-refractivity contribution >= 4 is 28.3 Å². The maximum absolute atomic E-state index is 11.7. The smallest absolute Gasteiger partial charge is 0.317 e. The van der Waals surface area contributed by atoms with E-state index in [0.29, 0.717) is 5.00 Å². The SMILES string of the molecule is CCN1CCC(Oc2ccccc2-c2cc(C(N)=O)c(NC(N)=O)s2)C1. The first-order valence-corrected chi connectivity index (χ1v) is 9.28. The Labute approximate surface area is 155 Å². The molecule has 1 aromatic heterocycles. The highest BCUT2D eigenvalue weighted by molar-refractivity contribution is 7.20. The number of urea groups is 1. The Balaban J connectivity index is 1.90. The van der Waals surface area contributed by atoms with Crippen LogP contribution in [0.2, 0.25) is 0 Å². The average molecular weight is 374 g/mol. The highest BCUT2D eigenvalue weighted by atomic mass is 32.1. The lowest BCUT2D eigenvalue weighted by molar-refractivity contribution is 0.100. The number of carbonyl (C=O) groups excluding carboxylic acids is 2. The summed E-state index contributed by atoms with van der Waals surface area (Å²) in [6.45, 7) is 5.08. The Hall–Kier alpha value is -2.58. The van der Waals surface area contributed by atoms with Crippen molar-refractivity contribution in [1.29, 1.82) is 0 Å². The van der Waals surface area contributed by atoms with E-state index >= 15 is 0 Å². The Morgan fingerprint density at radius 3 is 2.77 bits per heavy atom. The predicted molar refractivity (Wildman–Crippen MR) is 103 cm³/mol. The second-order valence-corrected chi connectivity index (χ2v) is 7.18. The van der Waals surface area contributed by atoms with Crippen LogP contribution >= 0.6 is 11.3 Å². The van der Waals surface area contributed by atoms with Gasteiger partial charge in [0.05, 0.1) is 5.56 Å². The summed E-state index contributed by atoms with van der Waals surface area (Å²) in [5.74, 6) is 0.127. The van der Waals surface area contributed by atoms with E-state index in [1.54, 1.807) is 6.07 Å². The summed E-state index contributed by atoms with van der Waals surface area (Å²) in [4.78, 5) is 26.0. The number of rotatable bonds is 6. The number of hydrogen-bond donors (Lipinski definition) is 3. The molecule has 2 aromatic rings. The summed E-state index contributed by atoms with van der Waals surface area (Å²) in [7, 11) is 0. The molecule has 1 atom stereocenters. The summed E-state index contributed by atoms with van der Waals surface area (Å²) < 4.78 is 6.22. The topological polar surface area (TPSA) is 111 Å². The predicted octanol–water partition coefficient (Wildman–Crippen LogP) is 2.48. The number of benzene rings is 1. The number of anilines is 1. The van der Waals surface area contributed by atoms with Gasteiger partial charge >= 0.3 is 6.03 Å². The third-order valence-corrected chi connectivity index (χ3v) is 5.44. The van der Waals surface area contributed by atoms with Crippen LogP contribution in [0, 0.1) is 0 Å². The minimum atomic E-state index is -0.740. The van der Waals surface area contributed by atoms with Crippen molar-refractivity contribution in [1.82, 2.24) is 4.90 Å². The lowest BCUT2D eigenvalue weighted by Crippen LogP contribution is -2.24. The molecular formula is C18H22N4O3S. The van der Waals surface area contributed by atoms with Crippen LogP contribution in [-0.4, -0.2) is 42.6 Å². The third-order valence-electron chi connectivity index (χ3n) is 4.36. The number of thiophene rings is 1. The van der Waals surface area contributed by atoms with Gasteiger partial charge < -0.3 is 16.2 Å². The standard InChI is InChI=1S/C18H22N4O3S/c1-2-22-8-7-11(10-22)25-14-6-4-3-5-12(14)15-9-13(16(19)23)17(26-15)21-18(20)24/h3-6,9,11H,2,7-8,10H2,1H3,(H2,19,23)(H3,20,21,24). The lowest BCUT2D eigenvalue weighted by Gasteiger charge is -2.17. The van der Waals surface area contributed by atoms with Gasteiger partial charge in [0.2, 0.25) is 0 Å². The first kappa shape index (κ1) is 18.2. The minimum absolute atomic E-state index is 0.134. The van der Waals surface area contributed by atoms with Crippen molar-refractivity contribution in [2.24, 2.45) is 11.5 Å². The Bertz CT molecular complexity index is 821. The van der Waals surface area contributed by atoms with Crippen molar-refractivity contribution in [2.75, 3.05) is 25.0 Å². The maximum Gasteiger partial charge on any atom is 0.317 e. The lowest BCUT2D eigenvalue weighted by atomic mass is 10.1. The molecule has 3 rings (SSSR count). The molecule has 0 spiro atoms. The Kier molecular flexibility index (Phi) is 5.43. The molecule has 0 radical (unpaired) electrons. The number of likely N-dealkylation sites (N-methyl/N-ethyl adjacent to an activating group) is 1. The molecule has 1 fully saturated rings. The third kappa shape index (κ3) is 3.97. The number of primary amides is 2. The van der Waals surface area contributed by atoms with Crippen LogP contribution in [0.15, 0.2) is 30.3 Å². The molecule has 8 heteroatoms. The zero-order chi connectivity index (χ0) is 18.7. The monoisotopic (exact) mass is 374 g/mol.